The Morgan fingerprint density at radius 3 is 2.38 bits per heavy atom. The number of pyridine rings is 1. The number of aryl methyl sites for hydroxylation is 1. The van der Waals surface area contributed by atoms with Gasteiger partial charge in [0.25, 0.3) is 5.91 Å². The van der Waals surface area contributed by atoms with E-state index in [9.17, 15) is 24.0 Å². The van der Waals surface area contributed by atoms with Crippen LogP contribution in [0.4, 0.5) is 0 Å². The van der Waals surface area contributed by atoms with Crippen molar-refractivity contribution < 1.29 is 42.9 Å². The molecule has 1 unspecified atom stereocenters. The molecule has 296 valence electrons. The van der Waals surface area contributed by atoms with E-state index in [2.05, 4.69) is 21.8 Å². The number of aromatic nitrogens is 1. The standard InChI is InChI=1S/C43H50N4O9/c1-6-31-23-35(38(48)22-29-9-11-32(12-10-29)36(44)24-39(49)54-20-17-47-15-18-53-19-16-47)34(21-27(31)4)33-13-14-37(41(50)45-25-30-7-8-30)46-40(33)43(52)56-28(5)55-42(51)26(2)3/h6,9-14,21,23,26,28,30,44H,1,7-8,15-20,22,24-25H2,2-5H3,(H,45,50). The van der Waals surface area contributed by atoms with Gasteiger partial charge in [0.1, 0.15) is 12.3 Å². The Morgan fingerprint density at radius 2 is 1.71 bits per heavy atom. The van der Waals surface area contributed by atoms with E-state index in [1.165, 1.54) is 13.0 Å². The van der Waals surface area contributed by atoms with Gasteiger partial charge in [0.2, 0.25) is 6.29 Å². The number of nitrogens with one attached hydrogen (secondary N) is 2. The summed E-state index contributed by atoms with van der Waals surface area (Å²) in [6, 6.07) is 13.4. The van der Waals surface area contributed by atoms with Crippen molar-refractivity contribution >= 4 is 41.4 Å². The average Bonchev–Trinajstić information content (AvgIpc) is 4.02. The zero-order chi connectivity index (χ0) is 40.4. The second-order valence-electron chi connectivity index (χ2n) is 14.4. The van der Waals surface area contributed by atoms with E-state index in [1.807, 2.05) is 6.92 Å². The predicted octanol–water partition coefficient (Wildman–Crippen LogP) is 5.60. The molecule has 56 heavy (non-hydrogen) atoms. The summed E-state index contributed by atoms with van der Waals surface area (Å²) in [4.78, 5) is 72.2. The summed E-state index contributed by atoms with van der Waals surface area (Å²) in [5.41, 5.74) is 3.46. The first-order valence-corrected chi connectivity index (χ1v) is 19.0. The molecule has 1 saturated carbocycles. The molecule has 5 rings (SSSR count). The van der Waals surface area contributed by atoms with Crippen molar-refractivity contribution in [1.29, 1.82) is 5.41 Å². The van der Waals surface area contributed by atoms with Crippen LogP contribution in [0.25, 0.3) is 17.2 Å². The van der Waals surface area contributed by atoms with Crippen LogP contribution in [0.5, 0.6) is 0 Å². The maximum atomic E-state index is 14.1. The number of ketones is 1. The number of amides is 1. The lowest BCUT2D eigenvalue weighted by Crippen LogP contribution is -2.38. The van der Waals surface area contributed by atoms with Gasteiger partial charge in [0.05, 0.1) is 25.6 Å². The summed E-state index contributed by atoms with van der Waals surface area (Å²) in [6.45, 7) is 14.7. The van der Waals surface area contributed by atoms with Crippen molar-refractivity contribution in [2.24, 2.45) is 11.8 Å². The lowest BCUT2D eigenvalue weighted by Gasteiger charge is -2.26. The SMILES string of the molecule is C=Cc1cc(C(=O)Cc2ccc(C(=N)CC(=O)OCCN3CCOCC3)cc2)c(-c2ccc(C(=O)NCC3CC3)nc2C(=O)OC(C)OC(=O)C(C)C)cc1C. The van der Waals surface area contributed by atoms with Gasteiger partial charge in [-0.3, -0.25) is 24.1 Å². The first-order chi connectivity index (χ1) is 26.8. The first kappa shape index (κ1) is 41.6. The molecule has 1 aliphatic carbocycles. The third-order valence-electron chi connectivity index (χ3n) is 9.58. The Kier molecular flexibility index (Phi) is 14.4. The number of hydrogen-bond donors (Lipinski definition) is 2. The molecule has 3 aromatic rings. The maximum Gasteiger partial charge on any atom is 0.360 e. The lowest BCUT2D eigenvalue weighted by atomic mass is 9.89. The summed E-state index contributed by atoms with van der Waals surface area (Å²) < 4.78 is 21.5. The van der Waals surface area contributed by atoms with E-state index in [0.29, 0.717) is 54.5 Å². The normalized spacial score (nSPS) is 14.7. The van der Waals surface area contributed by atoms with Crippen LogP contribution in [-0.2, 0) is 35.0 Å². The van der Waals surface area contributed by atoms with Crippen LogP contribution in [0.1, 0.15) is 93.6 Å². The molecular weight excluding hydrogens is 716 g/mol. The van der Waals surface area contributed by atoms with Crippen LogP contribution in [0.3, 0.4) is 0 Å². The molecule has 1 amide bonds. The highest BCUT2D eigenvalue weighted by Crippen LogP contribution is 2.32. The number of morpholine rings is 1. The second-order valence-corrected chi connectivity index (χ2v) is 14.4. The summed E-state index contributed by atoms with van der Waals surface area (Å²) in [5.74, 6) is -2.75. The highest BCUT2D eigenvalue weighted by molar-refractivity contribution is 6.09. The van der Waals surface area contributed by atoms with E-state index in [-0.39, 0.29) is 53.5 Å². The van der Waals surface area contributed by atoms with E-state index >= 15 is 0 Å². The third-order valence-corrected chi connectivity index (χ3v) is 9.58. The number of hydrogen-bond acceptors (Lipinski definition) is 12. The minimum Gasteiger partial charge on any atom is -0.464 e. The number of esters is 3. The first-order valence-electron chi connectivity index (χ1n) is 19.0. The fourth-order valence-electron chi connectivity index (χ4n) is 6.05. The van der Waals surface area contributed by atoms with Gasteiger partial charge in [-0.2, -0.15) is 0 Å². The van der Waals surface area contributed by atoms with Gasteiger partial charge >= 0.3 is 17.9 Å². The van der Waals surface area contributed by atoms with E-state index < -0.39 is 36.0 Å². The number of carbonyl (C=O) groups is 5. The van der Waals surface area contributed by atoms with E-state index in [0.717, 1.165) is 31.5 Å². The maximum absolute atomic E-state index is 14.1. The lowest BCUT2D eigenvalue weighted by molar-refractivity contribution is -0.169. The van der Waals surface area contributed by atoms with Gasteiger partial charge in [-0.05, 0) is 71.7 Å². The highest BCUT2D eigenvalue weighted by atomic mass is 16.7. The van der Waals surface area contributed by atoms with Gasteiger partial charge in [0.15, 0.2) is 11.5 Å². The van der Waals surface area contributed by atoms with Crippen LogP contribution >= 0.6 is 0 Å². The van der Waals surface area contributed by atoms with Gasteiger partial charge in [-0.1, -0.05) is 56.8 Å². The smallest absolute Gasteiger partial charge is 0.360 e. The Hall–Kier alpha value is -5.53. The van der Waals surface area contributed by atoms with E-state index in [1.54, 1.807) is 62.4 Å². The summed E-state index contributed by atoms with van der Waals surface area (Å²) >= 11 is 0. The van der Waals surface area contributed by atoms with E-state index in [4.69, 9.17) is 24.4 Å². The number of carbonyl (C=O) groups excluding carboxylic acids is 5. The van der Waals surface area contributed by atoms with Gasteiger partial charge in [-0.15, -0.1) is 0 Å². The Balaban J connectivity index is 1.36. The van der Waals surface area contributed by atoms with Crippen molar-refractivity contribution in [2.75, 3.05) is 46.0 Å². The monoisotopic (exact) mass is 766 g/mol. The topological polar surface area (TPSA) is 174 Å². The van der Waals surface area contributed by atoms with Crippen LogP contribution in [-0.4, -0.2) is 97.5 Å². The van der Waals surface area contributed by atoms with Crippen molar-refractivity contribution in [3.05, 3.63) is 94.3 Å². The Bertz CT molecular complexity index is 1960. The molecule has 1 aromatic heterocycles. The molecule has 13 heteroatoms. The molecule has 1 saturated heterocycles. The van der Waals surface area contributed by atoms with Crippen molar-refractivity contribution in [3.63, 3.8) is 0 Å². The second kappa shape index (κ2) is 19.4. The average molecular weight is 767 g/mol. The number of rotatable bonds is 18. The number of Topliss-reactive ketones (excluding diaryl/α,β-unsaturated/α-hetero) is 1. The molecule has 0 spiro atoms. The molecule has 1 atom stereocenters. The number of benzene rings is 2. The molecule has 2 fully saturated rings. The Labute approximate surface area is 327 Å². The highest BCUT2D eigenvalue weighted by Gasteiger charge is 2.27. The van der Waals surface area contributed by atoms with Crippen molar-refractivity contribution in [1.82, 2.24) is 15.2 Å². The third kappa shape index (κ3) is 11.5. The molecular formula is C43H50N4O9. The fraction of sp³-hybridized carbons (Fsp3) is 0.419. The largest absolute Gasteiger partial charge is 0.464 e. The molecule has 0 radical (unpaired) electrons. The quantitative estimate of drug-likeness (QED) is 0.0714. The molecule has 2 aromatic carbocycles. The van der Waals surface area contributed by atoms with Crippen molar-refractivity contribution in [3.8, 4) is 11.1 Å². The molecule has 2 N–H and O–H groups in total. The summed E-state index contributed by atoms with van der Waals surface area (Å²) in [5, 5.41) is 11.3. The van der Waals surface area contributed by atoms with Gasteiger partial charge in [0, 0.05) is 56.4 Å². The Morgan fingerprint density at radius 1 is 1.00 bits per heavy atom. The van der Waals surface area contributed by atoms with Crippen LogP contribution in [0.15, 0.2) is 55.1 Å². The fourth-order valence-corrected chi connectivity index (χ4v) is 6.05. The van der Waals surface area contributed by atoms with Gasteiger partial charge in [-0.25, -0.2) is 9.78 Å². The molecule has 0 bridgehead atoms. The summed E-state index contributed by atoms with van der Waals surface area (Å²) in [6.07, 6.45) is 2.25. The molecule has 1 aliphatic heterocycles. The zero-order valence-electron chi connectivity index (χ0n) is 32.5. The van der Waals surface area contributed by atoms with Crippen LogP contribution < -0.4 is 5.32 Å². The van der Waals surface area contributed by atoms with Crippen molar-refractivity contribution in [2.45, 2.75) is 59.7 Å². The number of ether oxygens (including phenoxy) is 4. The molecule has 13 nitrogen and oxygen atoms in total. The van der Waals surface area contributed by atoms with Gasteiger partial charge < -0.3 is 29.7 Å². The zero-order valence-corrected chi connectivity index (χ0v) is 32.5. The minimum absolute atomic E-state index is 0.00704. The molecule has 2 aliphatic rings. The molecule has 2 heterocycles. The van der Waals surface area contributed by atoms with Crippen LogP contribution in [0, 0.1) is 24.2 Å². The van der Waals surface area contributed by atoms with Crippen LogP contribution in [0.2, 0.25) is 0 Å². The predicted molar refractivity (Wildman–Crippen MR) is 210 cm³/mol. The minimum atomic E-state index is -1.25. The number of nitrogens with zero attached hydrogens (tertiary/aromatic N) is 2. The summed E-state index contributed by atoms with van der Waals surface area (Å²) in [7, 11) is 0.